The van der Waals surface area contributed by atoms with Gasteiger partial charge in [-0.1, -0.05) is 46.3 Å². The predicted octanol–water partition coefficient (Wildman–Crippen LogP) is 3.50. The third-order valence-corrected chi connectivity index (χ3v) is 4.04. The number of benzene rings is 2. The Morgan fingerprint density at radius 3 is 2.36 bits per heavy atom. The summed E-state index contributed by atoms with van der Waals surface area (Å²) in [6.45, 7) is 2.28. The third-order valence-electron chi connectivity index (χ3n) is 3.51. The zero-order valence-electron chi connectivity index (χ0n) is 14.0. The van der Waals surface area contributed by atoms with Gasteiger partial charge in [0.05, 0.1) is 5.71 Å². The van der Waals surface area contributed by atoms with Gasteiger partial charge in [0.25, 0.3) is 5.91 Å². The Hall–Kier alpha value is -2.47. The van der Waals surface area contributed by atoms with E-state index >= 15 is 0 Å². The summed E-state index contributed by atoms with van der Waals surface area (Å²) in [4.78, 5) is 23.7. The molecule has 2 rings (SSSR count). The summed E-state index contributed by atoms with van der Waals surface area (Å²) in [5.74, 6) is -0.310. The maximum atomic E-state index is 11.8. The molecule has 0 atom stereocenters. The van der Waals surface area contributed by atoms with Gasteiger partial charge in [-0.05, 0) is 43.2 Å². The molecule has 2 aromatic carbocycles. The highest BCUT2D eigenvalue weighted by Gasteiger charge is 2.05. The maximum Gasteiger partial charge on any atom is 0.251 e. The van der Waals surface area contributed by atoms with Gasteiger partial charge in [-0.3, -0.25) is 9.59 Å². The molecule has 0 radical (unpaired) electrons. The van der Waals surface area contributed by atoms with Crippen LogP contribution < -0.4 is 10.7 Å². The first-order valence-electron chi connectivity index (χ1n) is 7.98. The van der Waals surface area contributed by atoms with E-state index in [4.69, 9.17) is 0 Å². The van der Waals surface area contributed by atoms with E-state index in [1.807, 2.05) is 49.4 Å². The molecule has 2 aromatic rings. The van der Waals surface area contributed by atoms with Crippen molar-refractivity contribution in [2.24, 2.45) is 5.10 Å². The van der Waals surface area contributed by atoms with Crippen LogP contribution in [0.2, 0.25) is 0 Å². The van der Waals surface area contributed by atoms with Crippen LogP contribution in [0.5, 0.6) is 0 Å². The second-order valence-corrected chi connectivity index (χ2v) is 6.38. The van der Waals surface area contributed by atoms with Crippen molar-refractivity contribution in [1.29, 1.82) is 0 Å². The van der Waals surface area contributed by atoms with Crippen LogP contribution in [0.4, 0.5) is 0 Å². The third kappa shape index (κ3) is 6.51. The van der Waals surface area contributed by atoms with Crippen molar-refractivity contribution in [3.63, 3.8) is 0 Å². The molecule has 2 N–H and O–H groups in total. The molecule has 0 saturated carbocycles. The van der Waals surface area contributed by atoms with E-state index in [2.05, 4.69) is 31.8 Å². The van der Waals surface area contributed by atoms with Gasteiger partial charge in [0, 0.05) is 23.0 Å². The maximum absolute atomic E-state index is 11.8. The predicted molar refractivity (Wildman–Crippen MR) is 103 cm³/mol. The molecule has 0 aromatic heterocycles. The molecule has 130 valence electrons. The average Bonchev–Trinajstić information content (AvgIpc) is 2.64. The highest BCUT2D eigenvalue weighted by atomic mass is 79.9. The Labute approximate surface area is 155 Å². The van der Waals surface area contributed by atoms with E-state index in [1.165, 1.54) is 0 Å². The Morgan fingerprint density at radius 1 is 1.00 bits per heavy atom. The summed E-state index contributed by atoms with van der Waals surface area (Å²) < 4.78 is 0.991. The van der Waals surface area contributed by atoms with Crippen LogP contribution in [0.15, 0.2) is 64.2 Å². The minimum absolute atomic E-state index is 0.134. The number of halogens is 1. The molecule has 0 bridgehead atoms. The van der Waals surface area contributed by atoms with Gasteiger partial charge < -0.3 is 5.32 Å². The molecule has 25 heavy (non-hydrogen) atoms. The second-order valence-electron chi connectivity index (χ2n) is 5.46. The largest absolute Gasteiger partial charge is 0.352 e. The zero-order chi connectivity index (χ0) is 18.1. The van der Waals surface area contributed by atoms with Crippen LogP contribution in [0, 0.1) is 0 Å². The molecule has 0 aliphatic rings. The van der Waals surface area contributed by atoms with Crippen LogP contribution in [0.1, 0.15) is 35.7 Å². The van der Waals surface area contributed by atoms with Crippen LogP contribution in [0.3, 0.4) is 0 Å². The quantitative estimate of drug-likeness (QED) is 0.423. The summed E-state index contributed by atoms with van der Waals surface area (Å²) in [7, 11) is 0. The van der Waals surface area contributed by atoms with E-state index in [-0.39, 0.29) is 11.8 Å². The Kier molecular flexibility index (Phi) is 7.35. The molecule has 5 nitrogen and oxygen atoms in total. The van der Waals surface area contributed by atoms with Crippen LogP contribution in [-0.2, 0) is 4.79 Å². The first-order valence-corrected chi connectivity index (χ1v) is 8.78. The Balaban J connectivity index is 1.69. The number of carbonyl (C=O) groups excluding carboxylic acids is 2. The van der Waals surface area contributed by atoms with E-state index in [9.17, 15) is 9.59 Å². The number of nitrogens with one attached hydrogen (secondary N) is 2. The van der Waals surface area contributed by atoms with Crippen molar-refractivity contribution < 1.29 is 9.59 Å². The van der Waals surface area contributed by atoms with E-state index in [1.54, 1.807) is 12.1 Å². The number of rotatable bonds is 7. The lowest BCUT2D eigenvalue weighted by Crippen LogP contribution is -2.26. The summed E-state index contributed by atoms with van der Waals surface area (Å²) in [6, 6.07) is 16.7. The van der Waals surface area contributed by atoms with Gasteiger partial charge in [0.15, 0.2) is 0 Å². The Bertz CT molecular complexity index is 743. The molecule has 0 aliphatic heterocycles. The number of amides is 2. The lowest BCUT2D eigenvalue weighted by molar-refractivity contribution is -0.121. The molecular formula is C19H20BrN3O2. The monoisotopic (exact) mass is 401 g/mol. The van der Waals surface area contributed by atoms with Gasteiger partial charge in [0.1, 0.15) is 0 Å². The number of hydrogen-bond donors (Lipinski definition) is 2. The van der Waals surface area contributed by atoms with E-state index in [0.717, 1.165) is 15.7 Å². The van der Waals surface area contributed by atoms with Gasteiger partial charge in [-0.15, -0.1) is 0 Å². The number of hydrogen-bond acceptors (Lipinski definition) is 3. The molecule has 0 spiro atoms. The molecule has 0 unspecified atom stereocenters. The molecule has 6 heteroatoms. The van der Waals surface area contributed by atoms with Crippen molar-refractivity contribution in [2.75, 3.05) is 6.54 Å². The molecular weight excluding hydrogens is 382 g/mol. The minimum Gasteiger partial charge on any atom is -0.352 e. The Morgan fingerprint density at radius 2 is 1.68 bits per heavy atom. The highest BCUT2D eigenvalue weighted by molar-refractivity contribution is 9.10. The van der Waals surface area contributed by atoms with E-state index < -0.39 is 0 Å². The van der Waals surface area contributed by atoms with Gasteiger partial charge in [-0.25, -0.2) is 5.43 Å². The molecule has 0 aliphatic carbocycles. The topological polar surface area (TPSA) is 70.6 Å². The van der Waals surface area contributed by atoms with Gasteiger partial charge >= 0.3 is 0 Å². The highest BCUT2D eigenvalue weighted by Crippen LogP contribution is 2.11. The van der Waals surface area contributed by atoms with Crippen molar-refractivity contribution in [1.82, 2.24) is 10.7 Å². The van der Waals surface area contributed by atoms with Crippen LogP contribution in [-0.4, -0.2) is 24.1 Å². The fraction of sp³-hybridized carbons (Fsp3) is 0.211. The zero-order valence-corrected chi connectivity index (χ0v) is 15.5. The van der Waals surface area contributed by atoms with E-state index in [0.29, 0.717) is 24.9 Å². The van der Waals surface area contributed by atoms with Gasteiger partial charge in [-0.2, -0.15) is 5.10 Å². The smallest absolute Gasteiger partial charge is 0.251 e. The second kappa shape index (κ2) is 9.74. The summed E-state index contributed by atoms with van der Waals surface area (Å²) in [5.41, 5.74) is 4.83. The van der Waals surface area contributed by atoms with Crippen molar-refractivity contribution >= 4 is 33.5 Å². The van der Waals surface area contributed by atoms with Crippen LogP contribution in [0.25, 0.3) is 0 Å². The lowest BCUT2D eigenvalue weighted by Gasteiger charge is -2.05. The number of hydrazone groups is 1. The standard InChI is InChI=1S/C19H20BrN3O2/c1-14(15-9-11-17(20)12-10-15)22-23-18(24)8-5-13-21-19(25)16-6-3-2-4-7-16/h2-4,6-7,9-12H,5,8,13H2,1H3,(H,21,25)(H,23,24). The summed E-state index contributed by atoms with van der Waals surface area (Å²) in [5, 5.41) is 6.89. The number of carbonyl (C=O) groups is 2. The van der Waals surface area contributed by atoms with Crippen molar-refractivity contribution in [3.05, 3.63) is 70.2 Å². The van der Waals surface area contributed by atoms with Gasteiger partial charge in [0.2, 0.25) is 5.91 Å². The molecule has 2 amide bonds. The van der Waals surface area contributed by atoms with Crippen molar-refractivity contribution in [3.8, 4) is 0 Å². The SMILES string of the molecule is CC(=NNC(=O)CCCNC(=O)c1ccccc1)c1ccc(Br)cc1. The molecule has 0 fully saturated rings. The first-order chi connectivity index (χ1) is 12.1. The summed E-state index contributed by atoms with van der Waals surface area (Å²) in [6.07, 6.45) is 0.851. The number of nitrogens with zero attached hydrogens (tertiary/aromatic N) is 1. The van der Waals surface area contributed by atoms with Crippen LogP contribution >= 0.6 is 15.9 Å². The molecule has 0 heterocycles. The van der Waals surface area contributed by atoms with Crippen molar-refractivity contribution in [2.45, 2.75) is 19.8 Å². The average molecular weight is 402 g/mol. The molecule has 0 saturated heterocycles. The fourth-order valence-corrected chi connectivity index (χ4v) is 2.36. The first kappa shape index (κ1) is 18.9. The summed E-state index contributed by atoms with van der Waals surface area (Å²) >= 11 is 3.38. The fourth-order valence-electron chi connectivity index (χ4n) is 2.10. The lowest BCUT2D eigenvalue weighted by atomic mass is 10.1. The normalized spacial score (nSPS) is 11.0. The minimum atomic E-state index is -0.176.